The van der Waals surface area contributed by atoms with Crippen molar-refractivity contribution >= 4 is 5.91 Å². The van der Waals surface area contributed by atoms with Gasteiger partial charge in [0, 0.05) is 18.2 Å². The van der Waals surface area contributed by atoms with Gasteiger partial charge in [-0.15, -0.1) is 0 Å². The summed E-state index contributed by atoms with van der Waals surface area (Å²) >= 11 is 0. The van der Waals surface area contributed by atoms with Crippen molar-refractivity contribution < 1.29 is 23.7 Å². The van der Waals surface area contributed by atoms with Gasteiger partial charge in [-0.3, -0.25) is 9.36 Å². The standard InChI is InChI=1S/C30H37N3O5/c1-18(2)38-26-16-23-20(15-25(26)36-7)8-10-22-27(29(34)32-12-13-37-17-30(32,4)5)31-28(33(22)23)21-9-11-24(35-6)19(3)14-21/h9,11,14-16,18H,8,10,12-13,17H2,1-7H3. The quantitative estimate of drug-likeness (QED) is 0.456. The summed E-state index contributed by atoms with van der Waals surface area (Å²) in [5, 5.41) is 0. The second kappa shape index (κ2) is 9.98. The van der Waals surface area contributed by atoms with Gasteiger partial charge >= 0.3 is 0 Å². The SMILES string of the molecule is COc1ccc(-c2nc(C(=O)N3CCOCC3(C)C)c3n2-c2cc(OC(C)C)c(OC)cc2CC3)cc1C. The Balaban J connectivity index is 1.72. The smallest absolute Gasteiger partial charge is 0.274 e. The lowest BCUT2D eigenvalue weighted by atomic mass is 9.97. The van der Waals surface area contributed by atoms with Crippen LogP contribution in [-0.4, -0.2) is 66.0 Å². The lowest BCUT2D eigenvalue weighted by Crippen LogP contribution is -2.55. The van der Waals surface area contributed by atoms with Crippen molar-refractivity contribution in [1.29, 1.82) is 0 Å². The molecule has 5 rings (SSSR count). The van der Waals surface area contributed by atoms with Gasteiger partial charge in [0.1, 0.15) is 11.6 Å². The van der Waals surface area contributed by atoms with E-state index in [2.05, 4.69) is 10.6 Å². The molecular formula is C30H37N3O5. The number of rotatable bonds is 6. The molecule has 0 unspecified atom stereocenters. The van der Waals surface area contributed by atoms with E-state index < -0.39 is 5.54 Å². The summed E-state index contributed by atoms with van der Waals surface area (Å²) in [5.41, 5.74) is 4.99. The zero-order valence-electron chi connectivity index (χ0n) is 23.4. The summed E-state index contributed by atoms with van der Waals surface area (Å²) < 4.78 is 25.1. The van der Waals surface area contributed by atoms with Gasteiger partial charge in [-0.2, -0.15) is 0 Å². The molecule has 1 amide bonds. The maximum Gasteiger partial charge on any atom is 0.274 e. The van der Waals surface area contributed by atoms with E-state index in [-0.39, 0.29) is 12.0 Å². The molecule has 1 saturated heterocycles. The van der Waals surface area contributed by atoms with E-state index in [0.717, 1.165) is 46.1 Å². The molecule has 0 bridgehead atoms. The zero-order chi connectivity index (χ0) is 27.2. The molecule has 0 N–H and O–H groups in total. The summed E-state index contributed by atoms with van der Waals surface area (Å²) in [4.78, 5) is 21.0. The van der Waals surface area contributed by atoms with Crippen molar-refractivity contribution in [3.05, 3.63) is 52.8 Å². The van der Waals surface area contributed by atoms with Crippen molar-refractivity contribution in [2.24, 2.45) is 0 Å². The zero-order valence-corrected chi connectivity index (χ0v) is 23.4. The first-order valence-electron chi connectivity index (χ1n) is 13.2. The van der Waals surface area contributed by atoms with E-state index in [1.807, 2.05) is 63.8 Å². The van der Waals surface area contributed by atoms with Gasteiger partial charge < -0.3 is 23.8 Å². The van der Waals surface area contributed by atoms with E-state index in [0.29, 0.717) is 43.4 Å². The number of aromatic nitrogens is 2. The van der Waals surface area contributed by atoms with Crippen molar-refractivity contribution in [3.63, 3.8) is 0 Å². The number of fused-ring (bicyclic) bond motifs is 3. The predicted octanol–water partition coefficient (Wildman–Crippen LogP) is 5.00. The Labute approximate surface area is 224 Å². The number of ether oxygens (including phenoxy) is 4. The number of amides is 1. The van der Waals surface area contributed by atoms with Crippen LogP contribution in [0.2, 0.25) is 0 Å². The van der Waals surface area contributed by atoms with Crippen molar-refractivity contribution in [1.82, 2.24) is 14.5 Å². The molecule has 3 aromatic rings. The molecule has 0 radical (unpaired) electrons. The van der Waals surface area contributed by atoms with Crippen LogP contribution in [0.4, 0.5) is 0 Å². The molecule has 202 valence electrons. The van der Waals surface area contributed by atoms with Crippen LogP contribution in [0.1, 0.15) is 55.0 Å². The number of imidazole rings is 1. The van der Waals surface area contributed by atoms with E-state index in [1.165, 1.54) is 0 Å². The molecule has 8 nitrogen and oxygen atoms in total. The van der Waals surface area contributed by atoms with Crippen molar-refractivity contribution in [2.45, 2.75) is 59.1 Å². The Morgan fingerprint density at radius 1 is 1.05 bits per heavy atom. The van der Waals surface area contributed by atoms with Crippen LogP contribution in [0.25, 0.3) is 17.1 Å². The lowest BCUT2D eigenvalue weighted by molar-refractivity contribution is -0.0373. The summed E-state index contributed by atoms with van der Waals surface area (Å²) in [6.45, 7) is 11.6. The highest BCUT2D eigenvalue weighted by Crippen LogP contribution is 2.40. The molecule has 2 aliphatic rings. The minimum Gasteiger partial charge on any atom is -0.496 e. The average molecular weight is 520 g/mol. The fourth-order valence-corrected chi connectivity index (χ4v) is 5.45. The highest BCUT2D eigenvalue weighted by Gasteiger charge is 2.38. The number of hydrogen-bond donors (Lipinski definition) is 0. The lowest BCUT2D eigenvalue weighted by Gasteiger charge is -2.41. The third-order valence-corrected chi connectivity index (χ3v) is 7.32. The maximum atomic E-state index is 14.1. The Bertz CT molecular complexity index is 1370. The van der Waals surface area contributed by atoms with Gasteiger partial charge in [-0.1, -0.05) is 0 Å². The highest BCUT2D eigenvalue weighted by molar-refractivity contribution is 5.95. The highest BCUT2D eigenvalue weighted by atomic mass is 16.5. The van der Waals surface area contributed by atoms with E-state index >= 15 is 0 Å². The monoisotopic (exact) mass is 519 g/mol. The van der Waals surface area contributed by atoms with Gasteiger partial charge in [-0.05, 0) is 82.9 Å². The third kappa shape index (κ3) is 4.51. The Morgan fingerprint density at radius 2 is 1.82 bits per heavy atom. The second-order valence-corrected chi connectivity index (χ2v) is 10.9. The molecule has 8 heteroatoms. The number of morpholine rings is 1. The molecule has 0 aliphatic carbocycles. The summed E-state index contributed by atoms with van der Waals surface area (Å²) in [5.74, 6) is 2.84. The van der Waals surface area contributed by atoms with E-state index in [9.17, 15) is 4.79 Å². The predicted molar refractivity (Wildman–Crippen MR) is 146 cm³/mol. The maximum absolute atomic E-state index is 14.1. The summed E-state index contributed by atoms with van der Waals surface area (Å²) in [7, 11) is 3.33. The normalized spacial score (nSPS) is 16.2. The molecule has 0 atom stereocenters. The van der Waals surface area contributed by atoms with Gasteiger partial charge in [0.25, 0.3) is 5.91 Å². The van der Waals surface area contributed by atoms with E-state index in [1.54, 1.807) is 14.2 Å². The number of carbonyl (C=O) groups is 1. The summed E-state index contributed by atoms with van der Waals surface area (Å²) in [6.07, 6.45) is 1.44. The van der Waals surface area contributed by atoms with E-state index in [4.69, 9.17) is 23.9 Å². The molecule has 0 spiro atoms. The van der Waals surface area contributed by atoms with Gasteiger partial charge in [0.2, 0.25) is 0 Å². The Hall–Kier alpha value is -3.52. The first kappa shape index (κ1) is 26.1. The topological polar surface area (TPSA) is 75.0 Å². The molecule has 1 aromatic heterocycles. The third-order valence-electron chi connectivity index (χ3n) is 7.32. The first-order valence-corrected chi connectivity index (χ1v) is 13.2. The van der Waals surface area contributed by atoms with Crippen LogP contribution in [0, 0.1) is 6.92 Å². The minimum absolute atomic E-state index is 0.0165. The molecular weight excluding hydrogens is 482 g/mol. The molecule has 2 aromatic carbocycles. The van der Waals surface area contributed by atoms with Crippen LogP contribution in [-0.2, 0) is 17.6 Å². The number of benzene rings is 2. The van der Waals surface area contributed by atoms with Gasteiger partial charge in [-0.25, -0.2) is 4.98 Å². The fourth-order valence-electron chi connectivity index (χ4n) is 5.45. The van der Waals surface area contributed by atoms with Crippen LogP contribution in [0.5, 0.6) is 17.2 Å². The van der Waals surface area contributed by atoms with Gasteiger partial charge in [0.05, 0.1) is 50.5 Å². The van der Waals surface area contributed by atoms with Crippen LogP contribution < -0.4 is 14.2 Å². The number of carbonyl (C=O) groups excluding carboxylic acids is 1. The largest absolute Gasteiger partial charge is 0.496 e. The minimum atomic E-state index is -0.416. The molecule has 1 fully saturated rings. The molecule has 2 aliphatic heterocycles. The number of aryl methyl sites for hydroxylation is 2. The Morgan fingerprint density at radius 3 is 2.47 bits per heavy atom. The second-order valence-electron chi connectivity index (χ2n) is 10.9. The fraction of sp³-hybridized carbons (Fsp3) is 0.467. The first-order chi connectivity index (χ1) is 18.1. The van der Waals surface area contributed by atoms with Crippen LogP contribution in [0.3, 0.4) is 0 Å². The Kier molecular flexibility index (Phi) is 6.86. The molecule has 3 heterocycles. The number of nitrogens with zero attached hydrogens (tertiary/aromatic N) is 3. The number of hydrogen-bond acceptors (Lipinski definition) is 6. The van der Waals surface area contributed by atoms with Gasteiger partial charge in [0.15, 0.2) is 17.2 Å². The van der Waals surface area contributed by atoms with Crippen LogP contribution in [0.15, 0.2) is 30.3 Å². The molecule has 38 heavy (non-hydrogen) atoms. The average Bonchev–Trinajstić information content (AvgIpc) is 3.27. The molecule has 0 saturated carbocycles. The van der Waals surface area contributed by atoms with Crippen molar-refractivity contribution in [2.75, 3.05) is 34.0 Å². The van der Waals surface area contributed by atoms with Crippen LogP contribution >= 0.6 is 0 Å². The van der Waals surface area contributed by atoms with Crippen molar-refractivity contribution in [3.8, 4) is 34.3 Å². The number of methoxy groups -OCH3 is 2. The summed E-state index contributed by atoms with van der Waals surface area (Å²) in [6, 6.07) is 10.1.